The number of ether oxygens (including phenoxy) is 1. The molecule has 0 spiro atoms. The monoisotopic (exact) mass is 269 g/mol. The summed E-state index contributed by atoms with van der Waals surface area (Å²) in [4.78, 5) is 0. The van der Waals surface area contributed by atoms with Gasteiger partial charge in [0.05, 0.1) is 11.7 Å². The molecule has 0 saturated carbocycles. The zero-order chi connectivity index (χ0) is 14.7. The fourth-order valence-electron chi connectivity index (χ4n) is 3.12. The van der Waals surface area contributed by atoms with Gasteiger partial charge in [0.1, 0.15) is 0 Å². The SMILES string of the molecule is CCCC(C)(CNC(C)(C)C)CC1CCC(C)(C)O1. The Bertz CT molecular complexity index is 279. The highest BCUT2D eigenvalue weighted by Gasteiger charge is 2.36. The van der Waals surface area contributed by atoms with Crippen LogP contribution in [-0.2, 0) is 4.74 Å². The summed E-state index contributed by atoms with van der Waals surface area (Å²) < 4.78 is 6.19. The van der Waals surface area contributed by atoms with Crippen molar-refractivity contribution in [2.75, 3.05) is 6.54 Å². The molecule has 1 heterocycles. The van der Waals surface area contributed by atoms with E-state index in [-0.39, 0.29) is 11.1 Å². The molecule has 0 amide bonds. The fourth-order valence-corrected chi connectivity index (χ4v) is 3.12. The third-order valence-electron chi connectivity index (χ3n) is 4.17. The Morgan fingerprint density at radius 1 is 1.21 bits per heavy atom. The first kappa shape index (κ1) is 17.0. The molecule has 0 radical (unpaired) electrons. The molecule has 1 saturated heterocycles. The molecule has 0 bridgehead atoms. The molecule has 1 aliphatic rings. The number of hydrogen-bond donors (Lipinski definition) is 1. The van der Waals surface area contributed by atoms with Gasteiger partial charge in [-0.05, 0) is 65.7 Å². The van der Waals surface area contributed by atoms with Crippen LogP contribution in [0.25, 0.3) is 0 Å². The summed E-state index contributed by atoms with van der Waals surface area (Å²) in [6, 6.07) is 0. The minimum atomic E-state index is 0.0925. The quantitative estimate of drug-likeness (QED) is 0.765. The first-order valence-corrected chi connectivity index (χ1v) is 7.98. The molecule has 19 heavy (non-hydrogen) atoms. The van der Waals surface area contributed by atoms with Crippen LogP contribution in [0, 0.1) is 5.41 Å². The van der Waals surface area contributed by atoms with Crippen LogP contribution in [0.2, 0.25) is 0 Å². The first-order valence-electron chi connectivity index (χ1n) is 7.98. The Morgan fingerprint density at radius 2 is 1.84 bits per heavy atom. The van der Waals surface area contributed by atoms with Gasteiger partial charge in [0.2, 0.25) is 0 Å². The zero-order valence-electron chi connectivity index (χ0n) is 14.2. The molecule has 0 aromatic rings. The molecule has 0 aromatic carbocycles. The van der Waals surface area contributed by atoms with Crippen molar-refractivity contribution < 1.29 is 4.74 Å². The minimum Gasteiger partial charge on any atom is -0.372 e. The molecule has 1 aliphatic heterocycles. The summed E-state index contributed by atoms with van der Waals surface area (Å²) in [5, 5.41) is 3.69. The molecule has 114 valence electrons. The highest BCUT2D eigenvalue weighted by Crippen LogP contribution is 2.38. The normalized spacial score (nSPS) is 26.4. The number of nitrogens with one attached hydrogen (secondary N) is 1. The second kappa shape index (κ2) is 6.13. The van der Waals surface area contributed by atoms with Crippen LogP contribution in [0.3, 0.4) is 0 Å². The maximum Gasteiger partial charge on any atom is 0.0631 e. The summed E-state index contributed by atoms with van der Waals surface area (Å²) in [6.45, 7) is 17.0. The van der Waals surface area contributed by atoms with Gasteiger partial charge in [0.15, 0.2) is 0 Å². The van der Waals surface area contributed by atoms with Gasteiger partial charge in [-0.15, -0.1) is 0 Å². The van der Waals surface area contributed by atoms with Gasteiger partial charge in [-0.2, -0.15) is 0 Å². The van der Waals surface area contributed by atoms with Crippen LogP contribution >= 0.6 is 0 Å². The molecule has 1 fully saturated rings. The Kier molecular flexibility index (Phi) is 5.48. The molecule has 2 heteroatoms. The van der Waals surface area contributed by atoms with E-state index in [2.05, 4.69) is 53.8 Å². The van der Waals surface area contributed by atoms with E-state index in [4.69, 9.17) is 4.74 Å². The van der Waals surface area contributed by atoms with Crippen molar-refractivity contribution in [3.05, 3.63) is 0 Å². The summed E-state index contributed by atoms with van der Waals surface area (Å²) in [6.07, 6.45) is 6.59. The smallest absolute Gasteiger partial charge is 0.0631 e. The van der Waals surface area contributed by atoms with Gasteiger partial charge < -0.3 is 10.1 Å². The molecular formula is C17H35NO. The topological polar surface area (TPSA) is 21.3 Å². The number of rotatable bonds is 6. The van der Waals surface area contributed by atoms with E-state index in [1.807, 2.05) is 0 Å². The van der Waals surface area contributed by atoms with Crippen molar-refractivity contribution in [3.8, 4) is 0 Å². The molecule has 0 aliphatic carbocycles. The third kappa shape index (κ3) is 6.27. The van der Waals surface area contributed by atoms with Crippen molar-refractivity contribution >= 4 is 0 Å². The molecule has 2 nitrogen and oxygen atoms in total. The predicted molar refractivity (Wildman–Crippen MR) is 83.6 cm³/mol. The van der Waals surface area contributed by atoms with Crippen molar-refractivity contribution in [1.82, 2.24) is 5.32 Å². The van der Waals surface area contributed by atoms with Gasteiger partial charge in [0.25, 0.3) is 0 Å². The summed E-state index contributed by atoms with van der Waals surface area (Å²) in [7, 11) is 0. The van der Waals surface area contributed by atoms with Crippen LogP contribution in [-0.4, -0.2) is 23.8 Å². The zero-order valence-corrected chi connectivity index (χ0v) is 14.2. The lowest BCUT2D eigenvalue weighted by Crippen LogP contribution is -2.44. The largest absolute Gasteiger partial charge is 0.372 e. The predicted octanol–water partition coefficient (Wildman–Crippen LogP) is 4.53. The molecule has 2 atom stereocenters. The van der Waals surface area contributed by atoms with E-state index >= 15 is 0 Å². The highest BCUT2D eigenvalue weighted by molar-refractivity contribution is 4.88. The standard InChI is InChI=1S/C17H35NO/c1-8-10-17(7,13-18-15(2,3)4)12-14-9-11-16(5,6)19-14/h14,18H,8-13H2,1-7H3. The van der Waals surface area contributed by atoms with E-state index in [9.17, 15) is 0 Å². The fraction of sp³-hybridized carbons (Fsp3) is 1.00. The van der Waals surface area contributed by atoms with Crippen molar-refractivity contribution in [3.63, 3.8) is 0 Å². The average Bonchev–Trinajstić information content (AvgIpc) is 2.54. The Morgan fingerprint density at radius 3 is 2.26 bits per heavy atom. The van der Waals surface area contributed by atoms with Gasteiger partial charge in [-0.1, -0.05) is 20.3 Å². The number of hydrogen-bond acceptors (Lipinski definition) is 2. The maximum atomic E-state index is 6.19. The van der Waals surface area contributed by atoms with Gasteiger partial charge in [-0.3, -0.25) is 0 Å². The van der Waals surface area contributed by atoms with Gasteiger partial charge >= 0.3 is 0 Å². The lowest BCUT2D eigenvalue weighted by Gasteiger charge is -2.36. The molecule has 1 rings (SSSR count). The van der Waals surface area contributed by atoms with E-state index in [0.29, 0.717) is 11.5 Å². The lowest BCUT2D eigenvalue weighted by molar-refractivity contribution is -0.0352. The van der Waals surface area contributed by atoms with Crippen LogP contribution in [0.4, 0.5) is 0 Å². The molecule has 1 N–H and O–H groups in total. The minimum absolute atomic E-state index is 0.0925. The molecular weight excluding hydrogens is 234 g/mol. The van der Waals surface area contributed by atoms with Crippen LogP contribution in [0.15, 0.2) is 0 Å². The molecule has 2 unspecified atom stereocenters. The summed E-state index contributed by atoms with van der Waals surface area (Å²) in [5.74, 6) is 0. The second-order valence-corrected chi connectivity index (χ2v) is 8.41. The molecule has 0 aromatic heterocycles. The van der Waals surface area contributed by atoms with Crippen LogP contribution in [0.1, 0.15) is 80.6 Å². The highest BCUT2D eigenvalue weighted by atomic mass is 16.5. The van der Waals surface area contributed by atoms with Crippen molar-refractivity contribution in [2.24, 2.45) is 5.41 Å². The van der Waals surface area contributed by atoms with Gasteiger partial charge in [-0.25, -0.2) is 0 Å². The van der Waals surface area contributed by atoms with Crippen LogP contribution in [0.5, 0.6) is 0 Å². The Labute approximate surface area is 120 Å². The Hall–Kier alpha value is -0.0800. The van der Waals surface area contributed by atoms with E-state index in [1.165, 1.54) is 32.1 Å². The van der Waals surface area contributed by atoms with Gasteiger partial charge in [0, 0.05) is 12.1 Å². The van der Waals surface area contributed by atoms with E-state index < -0.39 is 0 Å². The summed E-state index contributed by atoms with van der Waals surface area (Å²) >= 11 is 0. The average molecular weight is 269 g/mol. The third-order valence-corrected chi connectivity index (χ3v) is 4.17. The summed E-state index contributed by atoms with van der Waals surface area (Å²) in [5.41, 5.74) is 0.646. The van der Waals surface area contributed by atoms with E-state index in [1.54, 1.807) is 0 Å². The van der Waals surface area contributed by atoms with Crippen LogP contribution < -0.4 is 5.32 Å². The van der Waals surface area contributed by atoms with Crippen molar-refractivity contribution in [2.45, 2.75) is 97.8 Å². The Balaban J connectivity index is 2.56. The second-order valence-electron chi connectivity index (χ2n) is 8.41. The lowest BCUT2D eigenvalue weighted by atomic mass is 9.79. The van der Waals surface area contributed by atoms with E-state index in [0.717, 1.165) is 6.54 Å². The van der Waals surface area contributed by atoms with Crippen molar-refractivity contribution in [1.29, 1.82) is 0 Å². The first-order chi connectivity index (χ1) is 8.55. The maximum absolute atomic E-state index is 6.19.